The van der Waals surface area contributed by atoms with Crippen LogP contribution in [0.5, 0.6) is 0 Å². The lowest BCUT2D eigenvalue weighted by Crippen LogP contribution is -2.03. The molecule has 0 spiro atoms. The van der Waals surface area contributed by atoms with Crippen LogP contribution in [0.2, 0.25) is 5.15 Å². The molecule has 2 heterocycles. The summed E-state index contributed by atoms with van der Waals surface area (Å²) in [5.74, 6) is 0.170. The van der Waals surface area contributed by atoms with Crippen LogP contribution < -0.4 is 5.73 Å². The highest BCUT2D eigenvalue weighted by Crippen LogP contribution is 2.28. The van der Waals surface area contributed by atoms with Gasteiger partial charge in [-0.2, -0.15) is 0 Å². The molecule has 2 N–H and O–H groups in total. The molecule has 0 fully saturated rings. The molecule has 0 bridgehead atoms. The third-order valence-corrected chi connectivity index (χ3v) is 3.46. The standard InChI is InChI=1S/C16H13ClN4/c17-15-13(10-11-4-2-1-3-5-11)14(20-16(18)21-15)12-6-8-19-9-7-12/h1-9H,10H2,(H2,18,20,21). The first-order chi connectivity index (χ1) is 10.2. The van der Waals surface area contributed by atoms with E-state index in [0.717, 1.165) is 22.4 Å². The first-order valence-electron chi connectivity index (χ1n) is 6.50. The van der Waals surface area contributed by atoms with Gasteiger partial charge in [0.25, 0.3) is 0 Å². The quantitative estimate of drug-likeness (QED) is 0.753. The molecule has 0 amide bonds. The van der Waals surface area contributed by atoms with Crippen LogP contribution in [0, 0.1) is 0 Å². The third-order valence-electron chi connectivity index (χ3n) is 3.15. The van der Waals surface area contributed by atoms with E-state index >= 15 is 0 Å². The van der Waals surface area contributed by atoms with Gasteiger partial charge < -0.3 is 5.73 Å². The molecular weight excluding hydrogens is 284 g/mol. The van der Waals surface area contributed by atoms with E-state index < -0.39 is 0 Å². The number of anilines is 1. The molecule has 0 aliphatic rings. The molecule has 2 aromatic heterocycles. The number of aromatic nitrogens is 3. The molecule has 0 aliphatic carbocycles. The minimum atomic E-state index is 0.170. The molecular formula is C16H13ClN4. The Morgan fingerprint density at radius 2 is 1.67 bits per heavy atom. The van der Waals surface area contributed by atoms with E-state index in [1.165, 1.54) is 0 Å². The maximum absolute atomic E-state index is 6.29. The van der Waals surface area contributed by atoms with Crippen molar-refractivity contribution in [2.45, 2.75) is 6.42 Å². The van der Waals surface area contributed by atoms with E-state index in [0.29, 0.717) is 11.6 Å². The fourth-order valence-corrected chi connectivity index (χ4v) is 2.42. The number of rotatable bonds is 3. The van der Waals surface area contributed by atoms with E-state index in [-0.39, 0.29) is 5.95 Å². The summed E-state index contributed by atoms with van der Waals surface area (Å²) in [4.78, 5) is 12.4. The Balaban J connectivity index is 2.11. The SMILES string of the molecule is Nc1nc(Cl)c(Cc2ccccc2)c(-c2ccncc2)n1. The van der Waals surface area contributed by atoms with Gasteiger partial charge in [0.2, 0.25) is 5.95 Å². The Labute approximate surface area is 127 Å². The van der Waals surface area contributed by atoms with Gasteiger partial charge in [-0.25, -0.2) is 9.97 Å². The van der Waals surface area contributed by atoms with Crippen molar-refractivity contribution in [1.82, 2.24) is 15.0 Å². The molecule has 21 heavy (non-hydrogen) atoms. The molecule has 0 saturated heterocycles. The fourth-order valence-electron chi connectivity index (χ4n) is 2.18. The smallest absolute Gasteiger partial charge is 0.222 e. The van der Waals surface area contributed by atoms with E-state index in [1.807, 2.05) is 42.5 Å². The summed E-state index contributed by atoms with van der Waals surface area (Å²) in [6.07, 6.45) is 4.08. The topological polar surface area (TPSA) is 64.7 Å². The summed E-state index contributed by atoms with van der Waals surface area (Å²) in [5.41, 5.74) is 9.41. The number of nitrogen functional groups attached to an aromatic ring is 1. The fraction of sp³-hybridized carbons (Fsp3) is 0.0625. The maximum atomic E-state index is 6.29. The lowest BCUT2D eigenvalue weighted by atomic mass is 10.0. The average molecular weight is 297 g/mol. The molecule has 4 nitrogen and oxygen atoms in total. The summed E-state index contributed by atoms with van der Waals surface area (Å²) in [7, 11) is 0. The van der Waals surface area contributed by atoms with Gasteiger partial charge in [-0.1, -0.05) is 41.9 Å². The second-order valence-electron chi connectivity index (χ2n) is 4.60. The van der Waals surface area contributed by atoms with Crippen molar-refractivity contribution in [3.05, 3.63) is 71.1 Å². The minimum absolute atomic E-state index is 0.170. The highest BCUT2D eigenvalue weighted by molar-refractivity contribution is 6.30. The van der Waals surface area contributed by atoms with Gasteiger partial charge in [-0.15, -0.1) is 0 Å². The summed E-state index contributed by atoms with van der Waals surface area (Å²) >= 11 is 6.29. The van der Waals surface area contributed by atoms with Crippen LogP contribution in [0.3, 0.4) is 0 Å². The van der Waals surface area contributed by atoms with Crippen molar-refractivity contribution in [2.75, 3.05) is 5.73 Å². The molecule has 0 atom stereocenters. The molecule has 0 radical (unpaired) electrons. The van der Waals surface area contributed by atoms with Crippen LogP contribution in [-0.2, 0) is 6.42 Å². The number of halogens is 1. The number of nitrogens with two attached hydrogens (primary N) is 1. The predicted octanol–water partition coefficient (Wildman–Crippen LogP) is 3.37. The summed E-state index contributed by atoms with van der Waals surface area (Å²) in [6.45, 7) is 0. The van der Waals surface area contributed by atoms with Gasteiger partial charge in [0.1, 0.15) is 5.15 Å². The molecule has 0 saturated carbocycles. The highest BCUT2D eigenvalue weighted by Gasteiger charge is 2.14. The number of pyridine rings is 1. The van der Waals surface area contributed by atoms with Crippen molar-refractivity contribution in [3.8, 4) is 11.3 Å². The Morgan fingerprint density at radius 3 is 2.38 bits per heavy atom. The predicted molar refractivity (Wildman–Crippen MR) is 83.9 cm³/mol. The monoisotopic (exact) mass is 296 g/mol. The van der Waals surface area contributed by atoms with Gasteiger partial charge in [0.05, 0.1) is 5.69 Å². The Kier molecular flexibility index (Phi) is 3.79. The highest BCUT2D eigenvalue weighted by atomic mass is 35.5. The van der Waals surface area contributed by atoms with E-state index in [9.17, 15) is 0 Å². The number of hydrogen-bond acceptors (Lipinski definition) is 4. The lowest BCUT2D eigenvalue weighted by molar-refractivity contribution is 1.09. The maximum Gasteiger partial charge on any atom is 0.222 e. The van der Waals surface area contributed by atoms with Gasteiger partial charge >= 0.3 is 0 Å². The van der Waals surface area contributed by atoms with Crippen molar-refractivity contribution in [2.24, 2.45) is 0 Å². The van der Waals surface area contributed by atoms with Crippen LogP contribution >= 0.6 is 11.6 Å². The Hall–Kier alpha value is -2.46. The van der Waals surface area contributed by atoms with Gasteiger partial charge in [-0.3, -0.25) is 4.98 Å². The first-order valence-corrected chi connectivity index (χ1v) is 6.88. The minimum Gasteiger partial charge on any atom is -0.368 e. The largest absolute Gasteiger partial charge is 0.368 e. The number of hydrogen-bond donors (Lipinski definition) is 1. The van der Waals surface area contributed by atoms with E-state index in [4.69, 9.17) is 17.3 Å². The zero-order valence-electron chi connectivity index (χ0n) is 11.2. The Morgan fingerprint density at radius 1 is 0.952 bits per heavy atom. The van der Waals surface area contributed by atoms with Crippen LogP contribution in [0.15, 0.2) is 54.9 Å². The van der Waals surface area contributed by atoms with Crippen LogP contribution in [0.1, 0.15) is 11.1 Å². The lowest BCUT2D eigenvalue weighted by Gasteiger charge is -2.11. The molecule has 1 aromatic carbocycles. The van der Waals surface area contributed by atoms with Gasteiger partial charge in [-0.05, 0) is 17.7 Å². The second-order valence-corrected chi connectivity index (χ2v) is 4.96. The molecule has 104 valence electrons. The van der Waals surface area contributed by atoms with Crippen molar-refractivity contribution in [1.29, 1.82) is 0 Å². The summed E-state index contributed by atoms with van der Waals surface area (Å²) < 4.78 is 0. The third kappa shape index (κ3) is 3.01. The summed E-state index contributed by atoms with van der Waals surface area (Å²) in [6, 6.07) is 13.8. The van der Waals surface area contributed by atoms with Crippen molar-refractivity contribution >= 4 is 17.5 Å². The zero-order valence-corrected chi connectivity index (χ0v) is 12.0. The van der Waals surface area contributed by atoms with Crippen LogP contribution in [-0.4, -0.2) is 15.0 Å². The number of benzene rings is 1. The van der Waals surface area contributed by atoms with Crippen LogP contribution in [0.4, 0.5) is 5.95 Å². The second kappa shape index (κ2) is 5.89. The van der Waals surface area contributed by atoms with Crippen molar-refractivity contribution in [3.63, 3.8) is 0 Å². The molecule has 3 aromatic rings. The van der Waals surface area contributed by atoms with Crippen LogP contribution in [0.25, 0.3) is 11.3 Å². The summed E-state index contributed by atoms with van der Waals surface area (Å²) in [5, 5.41) is 0.387. The van der Waals surface area contributed by atoms with Gasteiger partial charge in [0, 0.05) is 29.9 Å². The normalized spacial score (nSPS) is 10.5. The molecule has 0 unspecified atom stereocenters. The molecule has 5 heteroatoms. The van der Waals surface area contributed by atoms with Crippen molar-refractivity contribution < 1.29 is 0 Å². The molecule has 0 aliphatic heterocycles. The molecule has 3 rings (SSSR count). The first kappa shape index (κ1) is 13.5. The van der Waals surface area contributed by atoms with E-state index in [1.54, 1.807) is 12.4 Å². The Bertz CT molecular complexity index is 745. The van der Waals surface area contributed by atoms with E-state index in [2.05, 4.69) is 15.0 Å². The zero-order chi connectivity index (χ0) is 14.7. The average Bonchev–Trinajstić information content (AvgIpc) is 2.51. The number of nitrogens with zero attached hydrogens (tertiary/aromatic N) is 3. The van der Waals surface area contributed by atoms with Gasteiger partial charge in [0.15, 0.2) is 0 Å².